The Morgan fingerprint density at radius 1 is 1.17 bits per heavy atom. The average Bonchev–Trinajstić information content (AvgIpc) is 2.32. The van der Waals surface area contributed by atoms with E-state index in [1.165, 1.54) is 18.4 Å². The van der Waals surface area contributed by atoms with Gasteiger partial charge < -0.3 is 0 Å². The zero-order chi connectivity index (χ0) is 13.3. The number of benzene rings is 1. The Bertz CT molecular complexity index is 447. The van der Waals surface area contributed by atoms with Crippen molar-refractivity contribution >= 4 is 5.78 Å². The molecule has 0 amide bonds. The first-order chi connectivity index (χ1) is 8.41. The van der Waals surface area contributed by atoms with Gasteiger partial charge in [0.2, 0.25) is 0 Å². The van der Waals surface area contributed by atoms with Crippen molar-refractivity contribution in [3.63, 3.8) is 0 Å². The third-order valence-electron chi connectivity index (χ3n) is 4.58. The number of hydrogen-bond donors (Lipinski definition) is 0. The van der Waals surface area contributed by atoms with E-state index in [-0.39, 0.29) is 5.92 Å². The molecule has 1 aliphatic rings. The molecule has 0 unspecified atom stereocenters. The van der Waals surface area contributed by atoms with Crippen molar-refractivity contribution in [2.75, 3.05) is 0 Å². The van der Waals surface area contributed by atoms with Crippen molar-refractivity contribution in [1.82, 2.24) is 0 Å². The molecular weight excluding hydrogens is 220 g/mol. The van der Waals surface area contributed by atoms with Gasteiger partial charge in [-0.3, -0.25) is 4.79 Å². The molecule has 1 saturated carbocycles. The van der Waals surface area contributed by atoms with Crippen LogP contribution < -0.4 is 0 Å². The number of rotatable bonds is 2. The first-order valence-corrected chi connectivity index (χ1v) is 7.01. The summed E-state index contributed by atoms with van der Waals surface area (Å²) in [6.45, 7) is 8.77. The lowest BCUT2D eigenvalue weighted by Gasteiger charge is -2.33. The quantitative estimate of drug-likeness (QED) is 0.689. The highest BCUT2D eigenvalue weighted by atomic mass is 16.1. The molecule has 2 rings (SSSR count). The zero-order valence-electron chi connectivity index (χ0n) is 12.0. The van der Waals surface area contributed by atoms with Gasteiger partial charge in [0.25, 0.3) is 0 Å². The zero-order valence-corrected chi connectivity index (χ0v) is 12.0. The summed E-state index contributed by atoms with van der Waals surface area (Å²) >= 11 is 0. The van der Waals surface area contributed by atoms with Crippen LogP contribution in [0.1, 0.15) is 61.0 Å². The molecule has 0 spiro atoms. The summed E-state index contributed by atoms with van der Waals surface area (Å²) in [5.74, 6) is 0.616. The summed E-state index contributed by atoms with van der Waals surface area (Å²) in [5, 5.41) is 0. The molecule has 0 bridgehead atoms. The van der Waals surface area contributed by atoms with Gasteiger partial charge in [0, 0.05) is 11.5 Å². The average molecular weight is 244 g/mol. The van der Waals surface area contributed by atoms with Gasteiger partial charge in [-0.2, -0.15) is 0 Å². The lowest BCUT2D eigenvalue weighted by Crippen LogP contribution is -2.26. The van der Waals surface area contributed by atoms with Crippen LogP contribution in [0.2, 0.25) is 0 Å². The number of aryl methyl sites for hydroxylation is 1. The summed E-state index contributed by atoms with van der Waals surface area (Å²) < 4.78 is 0. The topological polar surface area (TPSA) is 17.1 Å². The second kappa shape index (κ2) is 4.87. The predicted molar refractivity (Wildman–Crippen MR) is 76.0 cm³/mol. The number of carbonyl (C=O) groups excluding carboxylic acids is 1. The molecule has 1 aliphatic carbocycles. The van der Waals surface area contributed by atoms with Gasteiger partial charge in [0.15, 0.2) is 5.78 Å². The minimum atomic E-state index is 0.249. The Balaban J connectivity index is 2.15. The van der Waals surface area contributed by atoms with E-state index in [9.17, 15) is 4.79 Å². The fourth-order valence-electron chi connectivity index (χ4n) is 2.90. The van der Waals surface area contributed by atoms with E-state index >= 15 is 0 Å². The minimum Gasteiger partial charge on any atom is -0.294 e. The number of Topliss-reactive ketones (excluding diaryl/α,β-unsaturated/α-hetero) is 1. The van der Waals surface area contributed by atoms with Crippen LogP contribution in [-0.2, 0) is 0 Å². The van der Waals surface area contributed by atoms with Gasteiger partial charge in [-0.25, -0.2) is 0 Å². The van der Waals surface area contributed by atoms with Crippen LogP contribution in [0, 0.1) is 25.2 Å². The molecule has 0 atom stereocenters. The second-order valence-corrected chi connectivity index (χ2v) is 6.55. The van der Waals surface area contributed by atoms with Crippen molar-refractivity contribution in [3.8, 4) is 0 Å². The Labute approximate surface area is 111 Å². The van der Waals surface area contributed by atoms with E-state index in [1.54, 1.807) is 0 Å². The standard InChI is InChI=1S/C17H24O/c1-12-6-5-7-15(13(12)2)16(18)14-8-10-17(3,4)11-9-14/h5-7,14H,8-11H2,1-4H3. The first-order valence-electron chi connectivity index (χ1n) is 7.01. The van der Waals surface area contributed by atoms with E-state index in [4.69, 9.17) is 0 Å². The molecule has 0 heterocycles. The van der Waals surface area contributed by atoms with Gasteiger partial charge in [0.1, 0.15) is 0 Å². The van der Waals surface area contributed by atoms with E-state index in [0.29, 0.717) is 11.2 Å². The monoisotopic (exact) mass is 244 g/mol. The Morgan fingerprint density at radius 2 is 1.78 bits per heavy atom. The first kappa shape index (κ1) is 13.3. The third kappa shape index (κ3) is 2.66. The van der Waals surface area contributed by atoms with Crippen molar-refractivity contribution < 1.29 is 4.79 Å². The lowest BCUT2D eigenvalue weighted by molar-refractivity contribution is 0.0837. The van der Waals surface area contributed by atoms with Crippen LogP contribution in [0.5, 0.6) is 0 Å². The van der Waals surface area contributed by atoms with Crippen LogP contribution in [-0.4, -0.2) is 5.78 Å². The molecular formula is C17H24O. The summed E-state index contributed by atoms with van der Waals surface area (Å²) in [4.78, 5) is 12.6. The molecule has 1 aromatic rings. The lowest BCUT2D eigenvalue weighted by atomic mass is 9.71. The van der Waals surface area contributed by atoms with E-state index in [1.807, 2.05) is 12.1 Å². The molecule has 1 heteroatoms. The van der Waals surface area contributed by atoms with Crippen molar-refractivity contribution in [3.05, 3.63) is 34.9 Å². The molecule has 98 valence electrons. The second-order valence-electron chi connectivity index (χ2n) is 6.55. The molecule has 0 aliphatic heterocycles. The fraction of sp³-hybridized carbons (Fsp3) is 0.588. The Hall–Kier alpha value is -1.11. The summed E-state index contributed by atoms with van der Waals surface area (Å²) in [6, 6.07) is 6.07. The van der Waals surface area contributed by atoms with Crippen LogP contribution in [0.25, 0.3) is 0 Å². The Morgan fingerprint density at radius 3 is 2.39 bits per heavy atom. The molecule has 0 radical (unpaired) electrons. The Kier molecular flexibility index (Phi) is 3.61. The summed E-state index contributed by atoms with van der Waals surface area (Å²) in [5.41, 5.74) is 3.75. The number of ketones is 1. The number of hydrogen-bond acceptors (Lipinski definition) is 1. The molecule has 1 fully saturated rings. The minimum absolute atomic E-state index is 0.249. The SMILES string of the molecule is Cc1cccc(C(=O)C2CCC(C)(C)CC2)c1C. The highest BCUT2D eigenvalue weighted by molar-refractivity contribution is 5.99. The van der Waals surface area contributed by atoms with E-state index in [0.717, 1.165) is 24.0 Å². The maximum atomic E-state index is 12.6. The van der Waals surface area contributed by atoms with E-state index in [2.05, 4.69) is 33.8 Å². The normalized spacial score (nSPS) is 19.8. The highest BCUT2D eigenvalue weighted by Gasteiger charge is 2.31. The van der Waals surface area contributed by atoms with Gasteiger partial charge >= 0.3 is 0 Å². The van der Waals surface area contributed by atoms with Gasteiger partial charge in [-0.15, -0.1) is 0 Å². The van der Waals surface area contributed by atoms with Crippen molar-refractivity contribution in [2.24, 2.45) is 11.3 Å². The van der Waals surface area contributed by atoms with Crippen LogP contribution in [0.15, 0.2) is 18.2 Å². The van der Waals surface area contributed by atoms with E-state index < -0.39 is 0 Å². The summed E-state index contributed by atoms with van der Waals surface area (Å²) in [7, 11) is 0. The van der Waals surface area contributed by atoms with Crippen LogP contribution in [0.3, 0.4) is 0 Å². The maximum Gasteiger partial charge on any atom is 0.166 e. The summed E-state index contributed by atoms with van der Waals surface area (Å²) in [6.07, 6.45) is 4.46. The fourth-order valence-corrected chi connectivity index (χ4v) is 2.90. The predicted octanol–water partition coefficient (Wildman–Crippen LogP) is 4.70. The number of carbonyl (C=O) groups is 1. The highest BCUT2D eigenvalue weighted by Crippen LogP contribution is 2.39. The third-order valence-corrected chi connectivity index (χ3v) is 4.58. The maximum absolute atomic E-state index is 12.6. The molecule has 0 saturated heterocycles. The van der Waals surface area contributed by atoms with Gasteiger partial charge in [-0.1, -0.05) is 32.0 Å². The van der Waals surface area contributed by atoms with Gasteiger partial charge in [-0.05, 0) is 56.1 Å². The largest absolute Gasteiger partial charge is 0.294 e. The van der Waals surface area contributed by atoms with Gasteiger partial charge in [0.05, 0.1) is 0 Å². The molecule has 0 N–H and O–H groups in total. The smallest absolute Gasteiger partial charge is 0.166 e. The van der Waals surface area contributed by atoms with Crippen LogP contribution >= 0.6 is 0 Å². The molecule has 1 nitrogen and oxygen atoms in total. The van der Waals surface area contributed by atoms with Crippen molar-refractivity contribution in [1.29, 1.82) is 0 Å². The molecule has 1 aromatic carbocycles. The molecule has 0 aromatic heterocycles. The molecule has 18 heavy (non-hydrogen) atoms. The van der Waals surface area contributed by atoms with Crippen molar-refractivity contribution in [2.45, 2.75) is 53.4 Å². The van der Waals surface area contributed by atoms with Crippen LogP contribution in [0.4, 0.5) is 0 Å².